The van der Waals surface area contributed by atoms with E-state index in [1.165, 1.54) is 0 Å². The number of nitriles is 1. The minimum absolute atomic E-state index is 0.0559. The number of hydrogen-bond donors (Lipinski definition) is 2. The van der Waals surface area contributed by atoms with Crippen molar-refractivity contribution in [3.8, 4) is 6.07 Å². The lowest BCUT2D eigenvalue weighted by atomic mass is 10.1. The molecule has 0 aliphatic rings. The van der Waals surface area contributed by atoms with Gasteiger partial charge in [-0.05, 0) is 35.4 Å². The van der Waals surface area contributed by atoms with Gasteiger partial charge in [-0.25, -0.2) is 0 Å². The third-order valence-electron chi connectivity index (χ3n) is 3.51. The Kier molecular flexibility index (Phi) is 6.37. The van der Waals surface area contributed by atoms with Crippen LogP contribution in [-0.2, 0) is 0 Å². The van der Waals surface area contributed by atoms with Crippen LogP contribution in [0, 0.1) is 11.3 Å². The van der Waals surface area contributed by atoms with Crippen LogP contribution in [0.3, 0.4) is 0 Å². The molecular formula is C19H20N2O2. The zero-order chi connectivity index (χ0) is 16.5. The van der Waals surface area contributed by atoms with E-state index in [4.69, 9.17) is 15.5 Å². The standard InChI is InChI=1S/C19H20N2O2/c20-15-18-5-3-16(4-6-18)1-2-17-7-9-19(10-8-17)21(11-13-22)12-14-23/h1-10,22-23H,11-14H2. The highest BCUT2D eigenvalue weighted by Gasteiger charge is 2.04. The highest BCUT2D eigenvalue weighted by molar-refractivity contribution is 5.70. The molecular weight excluding hydrogens is 288 g/mol. The van der Waals surface area contributed by atoms with Gasteiger partial charge in [0.1, 0.15) is 0 Å². The molecule has 0 heterocycles. The molecule has 0 atom stereocenters. The second-order valence-electron chi connectivity index (χ2n) is 5.09. The summed E-state index contributed by atoms with van der Waals surface area (Å²) in [5, 5.41) is 26.9. The molecule has 2 aromatic rings. The van der Waals surface area contributed by atoms with Crippen LogP contribution in [0.25, 0.3) is 12.2 Å². The second kappa shape index (κ2) is 8.74. The first-order valence-corrected chi connectivity index (χ1v) is 7.52. The molecule has 0 saturated carbocycles. The minimum atomic E-state index is 0.0559. The number of rotatable bonds is 7. The Hall–Kier alpha value is -2.61. The van der Waals surface area contributed by atoms with E-state index in [-0.39, 0.29) is 13.2 Å². The average Bonchev–Trinajstić information content (AvgIpc) is 2.61. The summed E-state index contributed by atoms with van der Waals surface area (Å²) >= 11 is 0. The quantitative estimate of drug-likeness (QED) is 0.771. The maximum atomic E-state index is 9.07. The highest BCUT2D eigenvalue weighted by Crippen LogP contribution is 2.16. The van der Waals surface area contributed by atoms with E-state index in [0.717, 1.165) is 16.8 Å². The highest BCUT2D eigenvalue weighted by atomic mass is 16.3. The summed E-state index contributed by atoms with van der Waals surface area (Å²) in [5.41, 5.74) is 3.73. The van der Waals surface area contributed by atoms with Gasteiger partial charge in [-0.2, -0.15) is 5.26 Å². The molecule has 0 aliphatic carbocycles. The number of aliphatic hydroxyl groups excluding tert-OH is 2. The maximum absolute atomic E-state index is 9.07. The van der Waals surface area contributed by atoms with E-state index in [0.29, 0.717) is 18.7 Å². The van der Waals surface area contributed by atoms with Crippen molar-refractivity contribution in [2.45, 2.75) is 0 Å². The van der Waals surface area contributed by atoms with Crippen molar-refractivity contribution in [3.63, 3.8) is 0 Å². The Morgan fingerprint density at radius 2 is 1.30 bits per heavy atom. The first kappa shape index (κ1) is 16.8. The number of anilines is 1. The van der Waals surface area contributed by atoms with Crippen LogP contribution in [-0.4, -0.2) is 36.5 Å². The molecule has 0 aliphatic heterocycles. The van der Waals surface area contributed by atoms with E-state index >= 15 is 0 Å². The summed E-state index contributed by atoms with van der Waals surface area (Å²) in [6, 6.07) is 17.5. The molecule has 2 rings (SSSR count). The van der Waals surface area contributed by atoms with Crippen LogP contribution in [0.5, 0.6) is 0 Å². The Morgan fingerprint density at radius 3 is 1.74 bits per heavy atom. The van der Waals surface area contributed by atoms with Crippen molar-refractivity contribution in [2.75, 3.05) is 31.2 Å². The van der Waals surface area contributed by atoms with Gasteiger partial charge < -0.3 is 15.1 Å². The van der Waals surface area contributed by atoms with E-state index < -0.39 is 0 Å². The van der Waals surface area contributed by atoms with Crippen molar-refractivity contribution in [1.82, 2.24) is 0 Å². The zero-order valence-electron chi connectivity index (χ0n) is 12.9. The van der Waals surface area contributed by atoms with Crippen molar-refractivity contribution < 1.29 is 10.2 Å². The normalized spacial score (nSPS) is 10.7. The summed E-state index contributed by atoms with van der Waals surface area (Å²) < 4.78 is 0. The minimum Gasteiger partial charge on any atom is -0.395 e. The number of hydrogen-bond acceptors (Lipinski definition) is 4. The molecule has 0 saturated heterocycles. The summed E-state index contributed by atoms with van der Waals surface area (Å²) in [6.07, 6.45) is 4.00. The van der Waals surface area contributed by atoms with Gasteiger partial charge in [0.15, 0.2) is 0 Å². The van der Waals surface area contributed by atoms with Gasteiger partial charge in [0.25, 0.3) is 0 Å². The molecule has 118 valence electrons. The Labute approximate surface area is 136 Å². The maximum Gasteiger partial charge on any atom is 0.0991 e. The van der Waals surface area contributed by atoms with Gasteiger partial charge >= 0.3 is 0 Å². The van der Waals surface area contributed by atoms with Crippen LogP contribution in [0.15, 0.2) is 48.5 Å². The predicted octanol–water partition coefficient (Wildman–Crippen LogP) is 2.52. The number of nitrogens with zero attached hydrogens (tertiary/aromatic N) is 2. The van der Waals surface area contributed by atoms with Crippen LogP contribution >= 0.6 is 0 Å². The van der Waals surface area contributed by atoms with Crippen molar-refractivity contribution in [3.05, 3.63) is 65.2 Å². The van der Waals surface area contributed by atoms with Gasteiger partial charge in [0.05, 0.1) is 24.8 Å². The number of aliphatic hydroxyl groups is 2. The third-order valence-corrected chi connectivity index (χ3v) is 3.51. The molecule has 0 fully saturated rings. The molecule has 0 unspecified atom stereocenters. The van der Waals surface area contributed by atoms with Gasteiger partial charge in [0, 0.05) is 18.8 Å². The fourth-order valence-corrected chi connectivity index (χ4v) is 2.27. The first-order chi connectivity index (χ1) is 11.3. The summed E-state index contributed by atoms with van der Waals surface area (Å²) in [6.45, 7) is 1.11. The molecule has 2 N–H and O–H groups in total. The Bertz CT molecular complexity index is 664. The molecule has 23 heavy (non-hydrogen) atoms. The molecule has 0 radical (unpaired) electrons. The first-order valence-electron chi connectivity index (χ1n) is 7.52. The van der Waals surface area contributed by atoms with E-state index in [2.05, 4.69) is 6.07 Å². The van der Waals surface area contributed by atoms with Gasteiger partial charge in [-0.15, -0.1) is 0 Å². The van der Waals surface area contributed by atoms with Crippen molar-refractivity contribution in [1.29, 1.82) is 5.26 Å². The van der Waals surface area contributed by atoms with E-state index in [1.807, 2.05) is 53.5 Å². The number of benzene rings is 2. The average molecular weight is 308 g/mol. The second-order valence-corrected chi connectivity index (χ2v) is 5.09. The molecule has 0 spiro atoms. The predicted molar refractivity (Wildman–Crippen MR) is 92.9 cm³/mol. The third kappa shape index (κ3) is 4.96. The molecule has 2 aromatic carbocycles. The molecule has 4 nitrogen and oxygen atoms in total. The van der Waals surface area contributed by atoms with Crippen LogP contribution < -0.4 is 4.90 Å². The van der Waals surface area contributed by atoms with Crippen molar-refractivity contribution >= 4 is 17.8 Å². The Balaban J connectivity index is 2.06. The lowest BCUT2D eigenvalue weighted by molar-refractivity contribution is 0.281. The lowest BCUT2D eigenvalue weighted by Crippen LogP contribution is -2.29. The zero-order valence-corrected chi connectivity index (χ0v) is 12.9. The van der Waals surface area contributed by atoms with Crippen LogP contribution in [0.1, 0.15) is 16.7 Å². The summed E-state index contributed by atoms with van der Waals surface area (Å²) in [5.74, 6) is 0. The van der Waals surface area contributed by atoms with E-state index in [9.17, 15) is 0 Å². The fourth-order valence-electron chi connectivity index (χ4n) is 2.27. The molecule has 0 amide bonds. The summed E-state index contributed by atoms with van der Waals surface area (Å²) in [7, 11) is 0. The van der Waals surface area contributed by atoms with Crippen LogP contribution in [0.4, 0.5) is 5.69 Å². The van der Waals surface area contributed by atoms with Gasteiger partial charge in [0.2, 0.25) is 0 Å². The lowest BCUT2D eigenvalue weighted by Gasteiger charge is -2.22. The molecule has 4 heteroatoms. The summed E-state index contributed by atoms with van der Waals surface area (Å²) in [4.78, 5) is 1.94. The topological polar surface area (TPSA) is 67.5 Å². The van der Waals surface area contributed by atoms with E-state index in [1.54, 1.807) is 12.1 Å². The fraction of sp³-hybridized carbons (Fsp3) is 0.211. The SMILES string of the molecule is N#Cc1ccc(C=Cc2ccc(N(CCO)CCO)cc2)cc1. The van der Waals surface area contributed by atoms with Crippen molar-refractivity contribution in [2.24, 2.45) is 0 Å². The van der Waals surface area contributed by atoms with Crippen LogP contribution in [0.2, 0.25) is 0 Å². The largest absolute Gasteiger partial charge is 0.395 e. The smallest absolute Gasteiger partial charge is 0.0991 e. The molecule has 0 bridgehead atoms. The van der Waals surface area contributed by atoms with Gasteiger partial charge in [-0.1, -0.05) is 36.4 Å². The Morgan fingerprint density at radius 1 is 0.826 bits per heavy atom. The monoisotopic (exact) mass is 308 g/mol. The molecule has 0 aromatic heterocycles. The van der Waals surface area contributed by atoms with Gasteiger partial charge in [-0.3, -0.25) is 0 Å².